The predicted octanol–water partition coefficient (Wildman–Crippen LogP) is 1.62. The van der Waals surface area contributed by atoms with Gasteiger partial charge in [-0.1, -0.05) is 0 Å². The predicted molar refractivity (Wildman–Crippen MR) is 58.4 cm³/mol. The van der Waals surface area contributed by atoms with Crippen LogP contribution in [0.2, 0.25) is 0 Å². The lowest BCUT2D eigenvalue weighted by molar-refractivity contribution is -0.149. The molecule has 0 amide bonds. The molecule has 0 aromatic heterocycles. The second kappa shape index (κ2) is 4.13. The number of carbonyl (C=O) groups excluding carboxylic acids is 2. The number of ether oxygens (including phenoxy) is 1. The normalized spacial score (nSPS) is 24.5. The van der Waals surface area contributed by atoms with Crippen LogP contribution in [0.15, 0.2) is 11.1 Å². The van der Waals surface area contributed by atoms with Crippen molar-refractivity contribution in [3.63, 3.8) is 0 Å². The van der Waals surface area contributed by atoms with Gasteiger partial charge >= 0.3 is 5.97 Å². The Morgan fingerprint density at radius 3 is 2.81 bits per heavy atom. The van der Waals surface area contributed by atoms with Crippen molar-refractivity contribution in [2.75, 3.05) is 0 Å². The summed E-state index contributed by atoms with van der Waals surface area (Å²) in [6.07, 6.45) is 7.26. The van der Waals surface area contributed by atoms with Crippen LogP contribution in [-0.4, -0.2) is 17.9 Å². The molecule has 0 aromatic rings. The molecule has 0 radical (unpaired) electrons. The highest BCUT2D eigenvalue weighted by Gasteiger charge is 2.36. The number of hydrogen-bond donors (Lipinski definition) is 0. The first-order chi connectivity index (χ1) is 7.63. The maximum atomic E-state index is 11.6. The quantitative estimate of drug-likeness (QED) is 0.534. The van der Waals surface area contributed by atoms with Gasteiger partial charge in [-0.2, -0.15) is 0 Å². The largest absolute Gasteiger partial charge is 0.457 e. The number of rotatable bonds is 3. The maximum Gasteiger partial charge on any atom is 0.309 e. The van der Waals surface area contributed by atoms with Crippen molar-refractivity contribution in [3.8, 4) is 12.3 Å². The van der Waals surface area contributed by atoms with E-state index in [9.17, 15) is 9.59 Å². The van der Waals surface area contributed by atoms with E-state index >= 15 is 0 Å². The van der Waals surface area contributed by atoms with E-state index in [1.807, 2.05) is 6.92 Å². The van der Waals surface area contributed by atoms with Gasteiger partial charge in [-0.3, -0.25) is 9.59 Å². The Morgan fingerprint density at radius 1 is 1.56 bits per heavy atom. The fraction of sp³-hybridized carbons (Fsp3) is 0.538. The molecule has 2 aliphatic rings. The number of Topliss-reactive ketones (excluding diaryl/α,β-unsaturated/α-hetero) is 1. The van der Waals surface area contributed by atoms with Gasteiger partial charge in [-0.25, -0.2) is 0 Å². The molecule has 1 unspecified atom stereocenters. The van der Waals surface area contributed by atoms with Gasteiger partial charge in [0.05, 0.1) is 12.3 Å². The van der Waals surface area contributed by atoms with Crippen LogP contribution in [-0.2, 0) is 14.3 Å². The van der Waals surface area contributed by atoms with Crippen LogP contribution in [0.1, 0.15) is 32.6 Å². The van der Waals surface area contributed by atoms with E-state index in [4.69, 9.17) is 11.2 Å². The van der Waals surface area contributed by atoms with E-state index in [0.29, 0.717) is 12.0 Å². The van der Waals surface area contributed by atoms with Crippen LogP contribution in [0.4, 0.5) is 0 Å². The topological polar surface area (TPSA) is 43.4 Å². The lowest BCUT2D eigenvalue weighted by Crippen LogP contribution is -2.18. The van der Waals surface area contributed by atoms with E-state index in [1.165, 1.54) is 0 Å². The SMILES string of the molecule is C#CCC1=C(C)C(OC(=O)C2CC2)CC1=O. The molecule has 1 fully saturated rings. The molecule has 0 N–H and O–H groups in total. The van der Waals surface area contributed by atoms with Crippen LogP contribution < -0.4 is 0 Å². The summed E-state index contributed by atoms with van der Waals surface area (Å²) in [6, 6.07) is 0. The Morgan fingerprint density at radius 2 is 2.25 bits per heavy atom. The van der Waals surface area contributed by atoms with Crippen molar-refractivity contribution in [3.05, 3.63) is 11.1 Å². The van der Waals surface area contributed by atoms with Crippen LogP contribution in [0.25, 0.3) is 0 Å². The Hall–Kier alpha value is -1.56. The van der Waals surface area contributed by atoms with Gasteiger partial charge in [-0.15, -0.1) is 12.3 Å². The fourth-order valence-electron chi connectivity index (χ4n) is 1.88. The Kier molecular flexibility index (Phi) is 2.82. The summed E-state index contributed by atoms with van der Waals surface area (Å²) in [5, 5.41) is 0. The smallest absolute Gasteiger partial charge is 0.309 e. The molecular formula is C13H14O3. The average molecular weight is 218 g/mol. The Bertz CT molecular complexity index is 407. The molecule has 0 bridgehead atoms. The van der Waals surface area contributed by atoms with Gasteiger partial charge in [0, 0.05) is 12.0 Å². The summed E-state index contributed by atoms with van der Waals surface area (Å²) < 4.78 is 5.31. The van der Waals surface area contributed by atoms with Crippen molar-refractivity contribution in [1.82, 2.24) is 0 Å². The van der Waals surface area contributed by atoms with Gasteiger partial charge < -0.3 is 4.74 Å². The van der Waals surface area contributed by atoms with E-state index in [0.717, 1.165) is 18.4 Å². The van der Waals surface area contributed by atoms with Crippen LogP contribution >= 0.6 is 0 Å². The minimum atomic E-state index is -0.371. The second-order valence-electron chi connectivity index (χ2n) is 4.37. The summed E-state index contributed by atoms with van der Waals surface area (Å²) >= 11 is 0. The number of hydrogen-bond acceptors (Lipinski definition) is 3. The van der Waals surface area contributed by atoms with Gasteiger partial charge in [-0.05, 0) is 25.3 Å². The molecule has 1 atom stereocenters. The standard InChI is InChI=1S/C13H14O3/c1-3-4-10-8(2)12(7-11(10)14)16-13(15)9-5-6-9/h1,9,12H,4-7H2,2H3. The highest BCUT2D eigenvalue weighted by atomic mass is 16.5. The van der Waals surface area contributed by atoms with Crippen molar-refractivity contribution in [1.29, 1.82) is 0 Å². The van der Waals surface area contributed by atoms with Crippen LogP contribution in [0.3, 0.4) is 0 Å². The molecular weight excluding hydrogens is 204 g/mol. The molecule has 0 spiro atoms. The van der Waals surface area contributed by atoms with Crippen LogP contribution in [0.5, 0.6) is 0 Å². The van der Waals surface area contributed by atoms with Gasteiger partial charge in [0.25, 0.3) is 0 Å². The van der Waals surface area contributed by atoms with E-state index < -0.39 is 0 Å². The number of carbonyl (C=O) groups is 2. The lowest BCUT2D eigenvalue weighted by atomic mass is 10.1. The third-order valence-electron chi connectivity index (χ3n) is 3.11. The third-order valence-corrected chi connectivity index (χ3v) is 3.11. The molecule has 16 heavy (non-hydrogen) atoms. The zero-order valence-corrected chi connectivity index (χ0v) is 9.29. The first-order valence-corrected chi connectivity index (χ1v) is 5.50. The van der Waals surface area contributed by atoms with E-state index in [2.05, 4.69) is 5.92 Å². The molecule has 3 nitrogen and oxygen atoms in total. The van der Waals surface area contributed by atoms with Crippen molar-refractivity contribution >= 4 is 11.8 Å². The minimum absolute atomic E-state index is 0.0176. The number of ketones is 1. The van der Waals surface area contributed by atoms with Gasteiger partial charge in [0.2, 0.25) is 0 Å². The zero-order valence-electron chi connectivity index (χ0n) is 9.29. The van der Waals surface area contributed by atoms with Gasteiger partial charge in [0.1, 0.15) is 6.10 Å². The molecule has 2 aliphatic carbocycles. The van der Waals surface area contributed by atoms with E-state index in [-0.39, 0.29) is 30.2 Å². The van der Waals surface area contributed by atoms with Crippen LogP contribution in [0, 0.1) is 18.3 Å². The molecule has 1 saturated carbocycles. The van der Waals surface area contributed by atoms with E-state index in [1.54, 1.807) is 0 Å². The van der Waals surface area contributed by atoms with Gasteiger partial charge in [0.15, 0.2) is 5.78 Å². The second-order valence-corrected chi connectivity index (χ2v) is 4.37. The number of esters is 1. The molecule has 0 aliphatic heterocycles. The highest BCUT2D eigenvalue weighted by Crippen LogP contribution is 2.33. The fourth-order valence-corrected chi connectivity index (χ4v) is 1.88. The summed E-state index contributed by atoms with van der Waals surface area (Å²) in [6.45, 7) is 1.82. The number of terminal acetylenes is 1. The summed E-state index contributed by atoms with van der Waals surface area (Å²) in [7, 11) is 0. The minimum Gasteiger partial charge on any atom is -0.457 e. The zero-order chi connectivity index (χ0) is 11.7. The molecule has 3 heteroatoms. The molecule has 0 saturated heterocycles. The molecule has 0 heterocycles. The molecule has 2 rings (SSSR count). The highest BCUT2D eigenvalue weighted by molar-refractivity contribution is 6.00. The Balaban J connectivity index is 2.04. The van der Waals surface area contributed by atoms with Crippen molar-refractivity contribution < 1.29 is 14.3 Å². The summed E-state index contributed by atoms with van der Waals surface area (Å²) in [5.74, 6) is 2.38. The third kappa shape index (κ3) is 2.01. The first kappa shape index (κ1) is 10.9. The molecule has 0 aromatic carbocycles. The number of allylic oxidation sites excluding steroid dienone is 1. The summed E-state index contributed by atoms with van der Waals surface area (Å²) in [4.78, 5) is 23.1. The maximum absolute atomic E-state index is 11.6. The first-order valence-electron chi connectivity index (χ1n) is 5.50. The lowest BCUT2D eigenvalue weighted by Gasteiger charge is -2.12. The monoisotopic (exact) mass is 218 g/mol. The Labute approximate surface area is 94.9 Å². The average Bonchev–Trinajstić information content (AvgIpc) is 3.03. The summed E-state index contributed by atoms with van der Waals surface area (Å²) in [5.41, 5.74) is 1.48. The van der Waals surface area contributed by atoms with Crippen molar-refractivity contribution in [2.45, 2.75) is 38.7 Å². The van der Waals surface area contributed by atoms with Crippen molar-refractivity contribution in [2.24, 2.45) is 5.92 Å². The molecule has 84 valence electrons.